The molecule has 48 heavy (non-hydrogen) atoms. The number of carbonyl (C=O) groups excluding carboxylic acids is 3. The van der Waals surface area contributed by atoms with Crippen LogP contribution in [0.25, 0.3) is 0 Å². The first kappa shape index (κ1) is 37.5. The van der Waals surface area contributed by atoms with Crippen LogP contribution in [0.5, 0.6) is 0 Å². The van der Waals surface area contributed by atoms with Gasteiger partial charge in [0.15, 0.2) is 24.3 Å². The molecule has 1 aliphatic heterocycles. The first-order valence-corrected chi connectivity index (χ1v) is 19.2. The monoisotopic (exact) mass is 678 g/mol. The molecule has 0 aromatic heterocycles. The molecular formula is C39H60F2O7. The van der Waals surface area contributed by atoms with Crippen LogP contribution >= 0.6 is 0 Å². The van der Waals surface area contributed by atoms with Gasteiger partial charge in [-0.05, 0) is 56.1 Å². The number of aliphatic hydroxyl groups is 1. The Morgan fingerprint density at radius 3 is 2.25 bits per heavy atom. The van der Waals surface area contributed by atoms with Gasteiger partial charge in [0.05, 0.1) is 12.2 Å². The maximum Gasteiger partial charge on any atom is 0.306 e. The summed E-state index contributed by atoms with van der Waals surface area (Å²) in [6.45, 7) is 7.21. The summed E-state index contributed by atoms with van der Waals surface area (Å²) in [4.78, 5) is 39.3. The molecule has 4 fully saturated rings. The Bertz CT molecular complexity index is 1210. The van der Waals surface area contributed by atoms with Crippen molar-refractivity contribution in [3.05, 3.63) is 11.6 Å². The van der Waals surface area contributed by atoms with Gasteiger partial charge in [0, 0.05) is 29.6 Å². The van der Waals surface area contributed by atoms with E-state index < -0.39 is 77.0 Å². The van der Waals surface area contributed by atoms with E-state index in [2.05, 4.69) is 6.92 Å². The Balaban J connectivity index is 1.23. The van der Waals surface area contributed by atoms with Gasteiger partial charge < -0.3 is 19.3 Å². The van der Waals surface area contributed by atoms with Crippen molar-refractivity contribution in [2.75, 3.05) is 6.61 Å². The number of unbranched alkanes of at least 4 members (excludes halogenated alkanes) is 10. The number of halogens is 2. The molecule has 5 aliphatic rings. The molecule has 0 radical (unpaired) electrons. The SMILES string of the molecule is CCCCCCCCCCCCCC(=O)OCC(=O)[C@@]12OC(CCC)O[C@@H]1C[C@H]1[C@@H]3C[C@H](F)C4=CC(=O)CC[C@]4(C)[C@@]3(F)[C@@H](O)C[C@@]12C. The van der Waals surface area contributed by atoms with E-state index in [1.165, 1.54) is 51.0 Å². The van der Waals surface area contributed by atoms with Gasteiger partial charge in [0.1, 0.15) is 11.8 Å². The van der Waals surface area contributed by atoms with Crippen molar-refractivity contribution in [2.45, 2.75) is 186 Å². The Hall–Kier alpha value is -1.71. The third kappa shape index (κ3) is 6.47. The molecule has 7 nitrogen and oxygen atoms in total. The topological polar surface area (TPSA) is 99.1 Å². The highest BCUT2D eigenvalue weighted by Crippen LogP contribution is 2.72. The van der Waals surface area contributed by atoms with Crippen molar-refractivity contribution in [3.63, 3.8) is 0 Å². The lowest BCUT2D eigenvalue weighted by molar-refractivity contribution is -0.242. The largest absolute Gasteiger partial charge is 0.458 e. The molecule has 272 valence electrons. The fourth-order valence-electron chi connectivity index (χ4n) is 10.5. The number of carbonyl (C=O) groups is 3. The summed E-state index contributed by atoms with van der Waals surface area (Å²) >= 11 is 0. The van der Waals surface area contributed by atoms with E-state index in [9.17, 15) is 19.5 Å². The molecule has 1 unspecified atom stereocenters. The van der Waals surface area contributed by atoms with Crippen LogP contribution < -0.4 is 0 Å². The summed E-state index contributed by atoms with van der Waals surface area (Å²) in [6.07, 6.45) is 11.4. The number of hydrogen-bond acceptors (Lipinski definition) is 7. The highest BCUT2D eigenvalue weighted by atomic mass is 19.1. The predicted octanol–water partition coefficient (Wildman–Crippen LogP) is 8.23. The standard InChI is InChI=1S/C39H60F2O7/c1-5-7-8-9-10-11-12-13-14-15-16-18-34(45)46-25-32(44)39-33(47-35(48-39)17-6-2)23-27-28-22-30(40)29-21-26(42)19-20-36(29,3)38(28,41)31(43)24-37(27,39)4/h21,27-28,30-31,33,35,43H,5-20,22-25H2,1-4H3/t27-,28-,30-,31-,33+,35?,36-,37-,38-,39+/m0/s1. The zero-order valence-electron chi connectivity index (χ0n) is 29.8. The number of ether oxygens (including phenoxy) is 3. The molecule has 0 spiro atoms. The summed E-state index contributed by atoms with van der Waals surface area (Å²) < 4.78 is 52.0. The normalized spacial score (nSPS) is 40.1. The Morgan fingerprint density at radius 2 is 1.60 bits per heavy atom. The highest BCUT2D eigenvalue weighted by molar-refractivity contribution is 5.93. The smallest absolute Gasteiger partial charge is 0.306 e. The summed E-state index contributed by atoms with van der Waals surface area (Å²) in [5, 5.41) is 11.8. The molecule has 4 aliphatic carbocycles. The van der Waals surface area contributed by atoms with Gasteiger partial charge in [-0.2, -0.15) is 0 Å². The number of aliphatic hydroxyl groups excluding tert-OH is 1. The third-order valence-corrected chi connectivity index (χ3v) is 13.1. The second-order valence-electron chi connectivity index (χ2n) is 16.0. The van der Waals surface area contributed by atoms with Crippen LogP contribution in [0.4, 0.5) is 8.78 Å². The van der Waals surface area contributed by atoms with Crippen LogP contribution in [0.1, 0.15) is 150 Å². The van der Waals surface area contributed by atoms with Gasteiger partial charge in [0.25, 0.3) is 0 Å². The first-order chi connectivity index (χ1) is 22.9. The third-order valence-electron chi connectivity index (χ3n) is 13.1. The second kappa shape index (κ2) is 15.3. The van der Waals surface area contributed by atoms with Gasteiger partial charge >= 0.3 is 5.97 Å². The number of fused-ring (bicyclic) bond motifs is 7. The molecule has 0 amide bonds. The molecule has 1 heterocycles. The van der Waals surface area contributed by atoms with Crippen molar-refractivity contribution < 1.29 is 42.5 Å². The van der Waals surface area contributed by atoms with Gasteiger partial charge in [-0.25, -0.2) is 8.78 Å². The van der Waals surface area contributed by atoms with E-state index >= 15 is 8.78 Å². The second-order valence-corrected chi connectivity index (χ2v) is 16.0. The first-order valence-electron chi connectivity index (χ1n) is 19.2. The number of esters is 1. The minimum Gasteiger partial charge on any atom is -0.458 e. The van der Waals surface area contributed by atoms with E-state index in [0.29, 0.717) is 12.8 Å². The maximum absolute atomic E-state index is 17.7. The van der Waals surface area contributed by atoms with Crippen LogP contribution in [0.2, 0.25) is 0 Å². The minimum absolute atomic E-state index is 0.0877. The van der Waals surface area contributed by atoms with Crippen molar-refractivity contribution in [1.29, 1.82) is 0 Å². The van der Waals surface area contributed by atoms with E-state index in [1.54, 1.807) is 6.92 Å². The fourth-order valence-corrected chi connectivity index (χ4v) is 10.5. The average Bonchev–Trinajstić information content (AvgIpc) is 3.53. The van der Waals surface area contributed by atoms with Crippen LogP contribution in [0.3, 0.4) is 0 Å². The highest BCUT2D eigenvalue weighted by Gasteiger charge is 2.80. The molecule has 9 heteroatoms. The number of allylic oxidation sites excluding steroid dienone is 1. The molecule has 3 saturated carbocycles. The zero-order chi connectivity index (χ0) is 34.7. The molecule has 5 rings (SSSR count). The molecule has 0 aromatic rings. The van der Waals surface area contributed by atoms with E-state index in [0.717, 1.165) is 25.7 Å². The summed E-state index contributed by atoms with van der Waals surface area (Å²) in [6, 6.07) is 0. The number of hydrogen-bond donors (Lipinski definition) is 1. The fraction of sp³-hybridized carbons (Fsp3) is 0.872. The van der Waals surface area contributed by atoms with Gasteiger partial charge in [-0.3, -0.25) is 14.4 Å². The maximum atomic E-state index is 17.7. The Morgan fingerprint density at radius 1 is 0.958 bits per heavy atom. The molecular weight excluding hydrogens is 618 g/mol. The Labute approximate surface area is 286 Å². The lowest BCUT2D eigenvalue weighted by Gasteiger charge is -2.64. The molecule has 10 atom stereocenters. The van der Waals surface area contributed by atoms with Crippen LogP contribution in [-0.4, -0.2) is 65.2 Å². The van der Waals surface area contributed by atoms with Crippen molar-refractivity contribution in [1.82, 2.24) is 0 Å². The van der Waals surface area contributed by atoms with Gasteiger partial charge in [-0.1, -0.05) is 98.3 Å². The van der Waals surface area contributed by atoms with Crippen LogP contribution in [-0.2, 0) is 28.6 Å². The average molecular weight is 679 g/mol. The van der Waals surface area contributed by atoms with Crippen molar-refractivity contribution >= 4 is 17.5 Å². The number of alkyl halides is 2. The summed E-state index contributed by atoms with van der Waals surface area (Å²) in [5.74, 6) is -2.53. The molecule has 1 saturated heterocycles. The van der Waals surface area contributed by atoms with E-state index in [-0.39, 0.29) is 49.9 Å². The summed E-state index contributed by atoms with van der Waals surface area (Å²) in [7, 11) is 0. The number of rotatable bonds is 17. The van der Waals surface area contributed by atoms with Crippen molar-refractivity contribution in [3.8, 4) is 0 Å². The quantitative estimate of drug-likeness (QED) is 0.122. The van der Waals surface area contributed by atoms with E-state index in [1.807, 2.05) is 13.8 Å². The Kier molecular flexibility index (Phi) is 11.9. The minimum atomic E-state index is -2.18. The number of ketones is 2. The summed E-state index contributed by atoms with van der Waals surface area (Å²) in [5.41, 5.74) is -6.01. The van der Waals surface area contributed by atoms with Gasteiger partial charge in [0.2, 0.25) is 5.78 Å². The zero-order valence-corrected chi connectivity index (χ0v) is 29.8. The van der Waals surface area contributed by atoms with Crippen LogP contribution in [0.15, 0.2) is 11.6 Å². The molecule has 0 bridgehead atoms. The van der Waals surface area contributed by atoms with Crippen LogP contribution in [0, 0.1) is 22.7 Å². The van der Waals surface area contributed by atoms with Crippen molar-refractivity contribution in [2.24, 2.45) is 22.7 Å². The van der Waals surface area contributed by atoms with E-state index in [4.69, 9.17) is 14.2 Å². The van der Waals surface area contributed by atoms with Gasteiger partial charge in [-0.15, -0.1) is 0 Å². The molecule has 1 N–H and O–H groups in total. The lowest BCUT2D eigenvalue weighted by atomic mass is 9.43. The number of Topliss-reactive ketones (excluding diaryl/α,β-unsaturated/α-hetero) is 1. The lowest BCUT2D eigenvalue weighted by Crippen LogP contribution is -2.71. The molecule has 0 aromatic carbocycles. The predicted molar refractivity (Wildman–Crippen MR) is 179 cm³/mol.